The summed E-state index contributed by atoms with van der Waals surface area (Å²) in [7, 11) is 0. The van der Waals surface area contributed by atoms with E-state index in [0.717, 1.165) is 10.2 Å². The van der Waals surface area contributed by atoms with E-state index in [1.54, 1.807) is 25.4 Å². The number of nitrogens with zero attached hydrogens (tertiary/aromatic N) is 4. The van der Waals surface area contributed by atoms with Crippen LogP contribution in [0.4, 0.5) is 8.78 Å². The molecular weight excluding hydrogens is 282 g/mol. The molecule has 0 radical (unpaired) electrons. The van der Waals surface area contributed by atoms with E-state index in [-0.39, 0.29) is 13.2 Å². The minimum Gasteiger partial charge on any atom is -0.461 e. The Morgan fingerprint density at radius 3 is 2.81 bits per heavy atom. The predicted octanol–water partition coefficient (Wildman–Crippen LogP) is 2.14. The van der Waals surface area contributed by atoms with Crippen molar-refractivity contribution >= 4 is 5.97 Å². The van der Waals surface area contributed by atoms with E-state index in [1.165, 1.54) is 0 Å². The molecule has 0 atom stereocenters. The predicted molar refractivity (Wildman–Crippen MR) is 69.0 cm³/mol. The molecule has 2 aromatic rings. The molecule has 2 rings (SSSR count). The number of carbonyl (C=O) groups is 1. The largest absolute Gasteiger partial charge is 0.461 e. The Labute approximate surface area is 119 Å². The topological polar surface area (TPSA) is 69.9 Å². The minimum atomic E-state index is -2.88. The summed E-state index contributed by atoms with van der Waals surface area (Å²) in [6, 6.07) is 1.80. The van der Waals surface area contributed by atoms with Gasteiger partial charge in [0.05, 0.1) is 13.2 Å². The standard InChI is InChI=1S/C13H14F2N4O2/c1-3-21-13(20)10-11(12(14)15)19(18-17-10)7-9-4-8(2)5-16-6-9/h4-6,12H,3,7H2,1-2H3. The summed E-state index contributed by atoms with van der Waals surface area (Å²) in [5.74, 6) is -0.901. The Kier molecular flexibility index (Phi) is 4.56. The quantitative estimate of drug-likeness (QED) is 0.791. The van der Waals surface area contributed by atoms with Crippen LogP contribution in [0.25, 0.3) is 0 Å². The van der Waals surface area contributed by atoms with E-state index < -0.39 is 23.8 Å². The average molecular weight is 296 g/mol. The van der Waals surface area contributed by atoms with Crippen molar-refractivity contribution < 1.29 is 18.3 Å². The van der Waals surface area contributed by atoms with Crippen molar-refractivity contribution in [3.8, 4) is 0 Å². The molecule has 0 saturated carbocycles. The van der Waals surface area contributed by atoms with Crippen LogP contribution in [0.1, 0.15) is 40.7 Å². The number of pyridine rings is 1. The molecule has 0 saturated heterocycles. The first kappa shape index (κ1) is 15.0. The fraction of sp³-hybridized carbons (Fsp3) is 0.385. The fourth-order valence-electron chi connectivity index (χ4n) is 1.87. The third-order valence-electron chi connectivity index (χ3n) is 2.71. The number of hydrogen-bond acceptors (Lipinski definition) is 5. The summed E-state index contributed by atoms with van der Waals surface area (Å²) in [5.41, 5.74) is 0.594. The van der Waals surface area contributed by atoms with Crippen LogP contribution < -0.4 is 0 Å². The molecule has 0 aliphatic rings. The zero-order valence-electron chi connectivity index (χ0n) is 11.6. The summed E-state index contributed by atoms with van der Waals surface area (Å²) >= 11 is 0. The maximum atomic E-state index is 13.2. The highest BCUT2D eigenvalue weighted by atomic mass is 19.3. The van der Waals surface area contributed by atoms with Crippen molar-refractivity contribution in [2.24, 2.45) is 0 Å². The molecular formula is C13H14F2N4O2. The lowest BCUT2D eigenvalue weighted by molar-refractivity contribution is 0.0506. The van der Waals surface area contributed by atoms with Crippen molar-refractivity contribution in [2.45, 2.75) is 26.8 Å². The number of ether oxygens (including phenoxy) is 1. The lowest BCUT2D eigenvalue weighted by atomic mass is 10.2. The van der Waals surface area contributed by atoms with Gasteiger partial charge in [-0.2, -0.15) is 0 Å². The van der Waals surface area contributed by atoms with Gasteiger partial charge in [0.1, 0.15) is 5.69 Å². The number of aryl methyl sites for hydroxylation is 1. The number of alkyl halides is 2. The molecule has 0 N–H and O–H groups in total. The zero-order chi connectivity index (χ0) is 15.4. The van der Waals surface area contributed by atoms with Gasteiger partial charge >= 0.3 is 5.97 Å². The van der Waals surface area contributed by atoms with Gasteiger partial charge in [0.15, 0.2) is 5.69 Å². The first-order chi connectivity index (χ1) is 10.0. The van der Waals surface area contributed by atoms with E-state index in [2.05, 4.69) is 15.3 Å². The van der Waals surface area contributed by atoms with Crippen molar-refractivity contribution in [1.29, 1.82) is 0 Å². The van der Waals surface area contributed by atoms with E-state index in [4.69, 9.17) is 4.74 Å². The number of carbonyl (C=O) groups excluding carboxylic acids is 1. The second kappa shape index (κ2) is 6.38. The second-order valence-corrected chi connectivity index (χ2v) is 4.37. The molecule has 0 aliphatic heterocycles. The number of hydrogen-bond donors (Lipinski definition) is 0. The highest BCUT2D eigenvalue weighted by Crippen LogP contribution is 2.22. The lowest BCUT2D eigenvalue weighted by Gasteiger charge is -2.07. The van der Waals surface area contributed by atoms with Crippen molar-refractivity contribution in [2.75, 3.05) is 6.61 Å². The molecule has 112 valence electrons. The molecule has 2 aromatic heterocycles. The fourth-order valence-corrected chi connectivity index (χ4v) is 1.87. The molecule has 0 amide bonds. The van der Waals surface area contributed by atoms with E-state index >= 15 is 0 Å². The van der Waals surface area contributed by atoms with E-state index in [1.807, 2.05) is 6.92 Å². The zero-order valence-corrected chi connectivity index (χ0v) is 11.6. The first-order valence-electron chi connectivity index (χ1n) is 6.32. The minimum absolute atomic E-state index is 0.0563. The van der Waals surface area contributed by atoms with Crippen LogP contribution in [-0.4, -0.2) is 32.6 Å². The molecule has 0 aromatic carbocycles. The molecule has 0 fully saturated rings. The second-order valence-electron chi connectivity index (χ2n) is 4.37. The summed E-state index contributed by atoms with van der Waals surface area (Å²) in [5, 5.41) is 7.14. The van der Waals surface area contributed by atoms with Gasteiger partial charge in [-0.3, -0.25) is 4.98 Å². The Morgan fingerprint density at radius 2 is 2.19 bits per heavy atom. The van der Waals surface area contributed by atoms with Gasteiger partial charge < -0.3 is 4.74 Å². The van der Waals surface area contributed by atoms with Crippen LogP contribution in [0.15, 0.2) is 18.5 Å². The van der Waals surface area contributed by atoms with E-state index in [0.29, 0.717) is 5.56 Å². The number of rotatable bonds is 5. The van der Waals surface area contributed by atoms with E-state index in [9.17, 15) is 13.6 Å². The first-order valence-corrected chi connectivity index (χ1v) is 6.32. The van der Waals surface area contributed by atoms with Gasteiger partial charge in [0.25, 0.3) is 6.43 Å². The van der Waals surface area contributed by atoms with Gasteiger partial charge in [-0.1, -0.05) is 11.3 Å². The molecule has 0 bridgehead atoms. The van der Waals surface area contributed by atoms with Crippen LogP contribution in [0, 0.1) is 6.92 Å². The highest BCUT2D eigenvalue weighted by molar-refractivity contribution is 5.88. The summed E-state index contributed by atoms with van der Waals surface area (Å²) in [6.45, 7) is 3.57. The third kappa shape index (κ3) is 3.39. The van der Waals surface area contributed by atoms with Crippen LogP contribution >= 0.6 is 0 Å². The summed E-state index contributed by atoms with van der Waals surface area (Å²) in [4.78, 5) is 15.6. The van der Waals surface area contributed by atoms with Crippen LogP contribution in [0.2, 0.25) is 0 Å². The molecule has 8 heteroatoms. The van der Waals surface area contributed by atoms with Gasteiger partial charge in [-0.15, -0.1) is 5.10 Å². The lowest BCUT2D eigenvalue weighted by Crippen LogP contribution is -2.12. The van der Waals surface area contributed by atoms with Gasteiger partial charge in [-0.25, -0.2) is 18.3 Å². The maximum Gasteiger partial charge on any atom is 0.361 e. The Morgan fingerprint density at radius 1 is 1.43 bits per heavy atom. The number of aromatic nitrogens is 4. The SMILES string of the molecule is CCOC(=O)c1nnn(Cc2cncc(C)c2)c1C(F)F. The van der Waals surface area contributed by atoms with Gasteiger partial charge in [0.2, 0.25) is 0 Å². The smallest absolute Gasteiger partial charge is 0.361 e. The monoisotopic (exact) mass is 296 g/mol. The van der Waals surface area contributed by atoms with Gasteiger partial charge in [0, 0.05) is 12.4 Å². The molecule has 6 nitrogen and oxygen atoms in total. The van der Waals surface area contributed by atoms with Crippen LogP contribution in [-0.2, 0) is 11.3 Å². The van der Waals surface area contributed by atoms with Crippen molar-refractivity contribution in [3.05, 3.63) is 41.0 Å². The van der Waals surface area contributed by atoms with Crippen molar-refractivity contribution in [1.82, 2.24) is 20.0 Å². The maximum absolute atomic E-state index is 13.2. The average Bonchev–Trinajstić information content (AvgIpc) is 2.83. The van der Waals surface area contributed by atoms with Gasteiger partial charge in [-0.05, 0) is 25.0 Å². The molecule has 21 heavy (non-hydrogen) atoms. The van der Waals surface area contributed by atoms with Crippen LogP contribution in [0.5, 0.6) is 0 Å². The van der Waals surface area contributed by atoms with Crippen LogP contribution in [0.3, 0.4) is 0 Å². The Hall–Kier alpha value is -2.38. The summed E-state index contributed by atoms with van der Waals surface area (Å²) in [6.07, 6.45) is 0.328. The Balaban J connectivity index is 2.34. The molecule has 0 aliphatic carbocycles. The normalized spacial score (nSPS) is 10.9. The number of halogens is 2. The third-order valence-corrected chi connectivity index (χ3v) is 2.71. The highest BCUT2D eigenvalue weighted by Gasteiger charge is 2.27. The van der Waals surface area contributed by atoms with Crippen molar-refractivity contribution in [3.63, 3.8) is 0 Å². The molecule has 0 unspecified atom stereocenters. The molecule has 2 heterocycles. The summed E-state index contributed by atoms with van der Waals surface area (Å²) < 4.78 is 32.1. The molecule has 0 spiro atoms. The number of esters is 1. The Bertz CT molecular complexity index is 643.